The highest BCUT2D eigenvalue weighted by Gasteiger charge is 2.26. The molecule has 2 atom stereocenters. The van der Waals surface area contributed by atoms with Crippen LogP contribution in [0.3, 0.4) is 0 Å². The third-order valence-electron chi connectivity index (χ3n) is 3.99. The second-order valence-corrected chi connectivity index (χ2v) is 6.05. The largest absolute Gasteiger partial charge is 0.356 e. The quantitative estimate of drug-likeness (QED) is 0.844. The maximum Gasteiger partial charge on any atom is 0.228 e. The van der Waals surface area contributed by atoms with Gasteiger partial charge in [0, 0.05) is 18.5 Å². The number of hydrogen-bond acceptors (Lipinski definition) is 3. The molecule has 0 N–H and O–H groups in total. The van der Waals surface area contributed by atoms with Crippen LogP contribution < -0.4 is 0 Å². The van der Waals surface area contributed by atoms with E-state index in [4.69, 9.17) is 4.52 Å². The first-order valence-corrected chi connectivity index (χ1v) is 7.24. The first kappa shape index (κ1) is 13.2. The van der Waals surface area contributed by atoms with Gasteiger partial charge in [-0.15, -0.1) is 0 Å². The van der Waals surface area contributed by atoms with Gasteiger partial charge >= 0.3 is 0 Å². The number of rotatable bonds is 2. The lowest BCUT2D eigenvalue weighted by atomic mass is 9.91. The lowest BCUT2D eigenvalue weighted by Gasteiger charge is -2.34. The van der Waals surface area contributed by atoms with E-state index < -0.39 is 0 Å². The molecule has 1 aromatic heterocycles. The van der Waals surface area contributed by atoms with E-state index in [-0.39, 0.29) is 5.91 Å². The highest BCUT2D eigenvalue weighted by molar-refractivity contribution is 5.86. The zero-order valence-corrected chi connectivity index (χ0v) is 12.0. The molecule has 0 bridgehead atoms. The molecule has 3 rings (SSSR count). The van der Waals surface area contributed by atoms with Crippen molar-refractivity contribution in [1.29, 1.82) is 0 Å². The number of para-hydroxylation sites is 1. The number of carbonyl (C=O) groups excluding carboxylic acids is 1. The number of nitrogens with zero attached hydrogens (tertiary/aromatic N) is 2. The molecular formula is C16H20N2O2. The van der Waals surface area contributed by atoms with Crippen LogP contribution in [-0.2, 0) is 11.2 Å². The van der Waals surface area contributed by atoms with Gasteiger partial charge in [0.2, 0.25) is 5.91 Å². The molecule has 20 heavy (non-hydrogen) atoms. The molecule has 0 saturated carbocycles. The summed E-state index contributed by atoms with van der Waals surface area (Å²) in [6.45, 7) is 6.14. The summed E-state index contributed by atoms with van der Waals surface area (Å²) < 4.78 is 5.26. The minimum atomic E-state index is 0.155. The highest BCUT2D eigenvalue weighted by Crippen LogP contribution is 2.23. The maximum atomic E-state index is 12.4. The van der Waals surface area contributed by atoms with Crippen LogP contribution in [0.4, 0.5) is 0 Å². The van der Waals surface area contributed by atoms with Crippen LogP contribution in [0.15, 0.2) is 28.8 Å². The number of fused-ring (bicyclic) bond motifs is 1. The van der Waals surface area contributed by atoms with E-state index in [2.05, 4.69) is 19.0 Å². The van der Waals surface area contributed by atoms with Crippen molar-refractivity contribution in [2.75, 3.05) is 13.1 Å². The van der Waals surface area contributed by atoms with Gasteiger partial charge in [-0.25, -0.2) is 0 Å². The second-order valence-electron chi connectivity index (χ2n) is 6.05. The van der Waals surface area contributed by atoms with E-state index in [1.807, 2.05) is 29.2 Å². The summed E-state index contributed by atoms with van der Waals surface area (Å²) in [6, 6.07) is 7.68. The van der Waals surface area contributed by atoms with Gasteiger partial charge in [-0.1, -0.05) is 31.1 Å². The highest BCUT2D eigenvalue weighted by atomic mass is 16.5. The molecule has 4 nitrogen and oxygen atoms in total. The van der Waals surface area contributed by atoms with Gasteiger partial charge in [0.05, 0.1) is 6.42 Å². The Hall–Kier alpha value is -1.84. The van der Waals surface area contributed by atoms with Gasteiger partial charge in [-0.2, -0.15) is 0 Å². The third-order valence-corrected chi connectivity index (χ3v) is 3.99. The summed E-state index contributed by atoms with van der Waals surface area (Å²) in [6.07, 6.45) is 1.53. The van der Waals surface area contributed by atoms with Crippen molar-refractivity contribution in [2.24, 2.45) is 11.8 Å². The first-order valence-electron chi connectivity index (χ1n) is 7.24. The minimum Gasteiger partial charge on any atom is -0.356 e. The number of piperidine rings is 1. The summed E-state index contributed by atoms with van der Waals surface area (Å²) in [5.74, 6) is 1.32. The minimum absolute atomic E-state index is 0.155. The average Bonchev–Trinajstić information content (AvgIpc) is 2.81. The Bertz CT molecular complexity index is 610. The van der Waals surface area contributed by atoms with Gasteiger partial charge in [0.25, 0.3) is 0 Å². The number of likely N-dealkylation sites (tertiary alicyclic amines) is 1. The van der Waals surface area contributed by atoms with Crippen LogP contribution in [0.2, 0.25) is 0 Å². The standard InChI is InChI=1S/C16H20N2O2/c1-11-7-12(2)10-18(9-11)16(19)8-14-13-5-3-4-6-15(13)20-17-14/h3-6,11-12H,7-10H2,1-2H3. The Labute approximate surface area is 118 Å². The number of hydrogen-bond donors (Lipinski definition) is 0. The van der Waals surface area contributed by atoms with E-state index >= 15 is 0 Å². The molecule has 2 heterocycles. The summed E-state index contributed by atoms with van der Waals surface area (Å²) in [5, 5.41) is 4.99. The molecule has 4 heteroatoms. The summed E-state index contributed by atoms with van der Waals surface area (Å²) in [4.78, 5) is 14.4. The number of amides is 1. The van der Waals surface area contributed by atoms with E-state index in [0.717, 1.165) is 29.8 Å². The van der Waals surface area contributed by atoms with E-state index in [1.54, 1.807) is 0 Å². The van der Waals surface area contributed by atoms with E-state index in [1.165, 1.54) is 6.42 Å². The topological polar surface area (TPSA) is 46.3 Å². The number of benzene rings is 1. The van der Waals surface area contributed by atoms with Crippen molar-refractivity contribution in [2.45, 2.75) is 26.7 Å². The van der Waals surface area contributed by atoms with Crippen molar-refractivity contribution in [3.8, 4) is 0 Å². The fraction of sp³-hybridized carbons (Fsp3) is 0.500. The monoisotopic (exact) mass is 272 g/mol. The number of carbonyl (C=O) groups is 1. The maximum absolute atomic E-state index is 12.4. The van der Waals surface area contributed by atoms with Gasteiger partial charge in [0.1, 0.15) is 5.69 Å². The van der Waals surface area contributed by atoms with Gasteiger partial charge in [0.15, 0.2) is 5.58 Å². The molecule has 0 spiro atoms. The van der Waals surface area contributed by atoms with Crippen molar-refractivity contribution in [1.82, 2.24) is 10.1 Å². The normalized spacial score (nSPS) is 23.2. The van der Waals surface area contributed by atoms with Crippen LogP contribution in [0, 0.1) is 11.8 Å². The van der Waals surface area contributed by atoms with Crippen LogP contribution >= 0.6 is 0 Å². The molecule has 1 amide bonds. The van der Waals surface area contributed by atoms with Crippen molar-refractivity contribution in [3.63, 3.8) is 0 Å². The fourth-order valence-electron chi connectivity index (χ4n) is 3.19. The van der Waals surface area contributed by atoms with Gasteiger partial charge in [-0.3, -0.25) is 4.79 Å². The molecule has 1 aliphatic rings. The van der Waals surface area contributed by atoms with Gasteiger partial charge < -0.3 is 9.42 Å². The predicted octanol–water partition coefficient (Wildman–Crippen LogP) is 2.87. The lowest BCUT2D eigenvalue weighted by molar-refractivity contribution is -0.133. The zero-order valence-electron chi connectivity index (χ0n) is 12.0. The molecule has 1 aliphatic heterocycles. The molecule has 1 aromatic carbocycles. The SMILES string of the molecule is CC1CC(C)CN(C(=O)Cc2noc3ccccc23)C1. The van der Waals surface area contributed by atoms with Crippen molar-refractivity contribution in [3.05, 3.63) is 30.0 Å². The smallest absolute Gasteiger partial charge is 0.228 e. The number of aromatic nitrogens is 1. The molecular weight excluding hydrogens is 252 g/mol. The lowest BCUT2D eigenvalue weighted by Crippen LogP contribution is -2.43. The van der Waals surface area contributed by atoms with Crippen LogP contribution in [0.5, 0.6) is 0 Å². The fourth-order valence-corrected chi connectivity index (χ4v) is 3.19. The molecule has 0 radical (unpaired) electrons. The Kier molecular flexibility index (Phi) is 3.47. The predicted molar refractivity (Wildman–Crippen MR) is 77.2 cm³/mol. The summed E-state index contributed by atoms with van der Waals surface area (Å²) in [7, 11) is 0. The zero-order chi connectivity index (χ0) is 14.1. The molecule has 2 aromatic rings. The molecule has 1 saturated heterocycles. The summed E-state index contributed by atoms with van der Waals surface area (Å²) in [5.41, 5.74) is 1.49. The molecule has 0 aliphatic carbocycles. The Morgan fingerprint density at radius 3 is 2.75 bits per heavy atom. The van der Waals surface area contributed by atoms with E-state index in [0.29, 0.717) is 18.3 Å². The Morgan fingerprint density at radius 2 is 2.00 bits per heavy atom. The van der Waals surface area contributed by atoms with E-state index in [9.17, 15) is 4.79 Å². The molecule has 1 fully saturated rings. The van der Waals surface area contributed by atoms with Crippen molar-refractivity contribution < 1.29 is 9.32 Å². The van der Waals surface area contributed by atoms with Crippen molar-refractivity contribution >= 4 is 16.9 Å². The first-order chi connectivity index (χ1) is 9.63. The average molecular weight is 272 g/mol. The summed E-state index contributed by atoms with van der Waals surface area (Å²) >= 11 is 0. The van der Waals surface area contributed by atoms with Crippen LogP contribution in [0.25, 0.3) is 11.0 Å². The third kappa shape index (κ3) is 2.55. The molecule has 2 unspecified atom stereocenters. The van der Waals surface area contributed by atoms with Gasteiger partial charge in [-0.05, 0) is 30.4 Å². The Balaban J connectivity index is 1.75. The second kappa shape index (κ2) is 5.27. The Morgan fingerprint density at radius 1 is 1.30 bits per heavy atom. The van der Waals surface area contributed by atoms with Crippen LogP contribution in [0.1, 0.15) is 26.0 Å². The van der Waals surface area contributed by atoms with Crippen LogP contribution in [-0.4, -0.2) is 29.1 Å². The molecule has 106 valence electrons.